The summed E-state index contributed by atoms with van der Waals surface area (Å²) in [6, 6.07) is -0.223. The van der Waals surface area contributed by atoms with Crippen LogP contribution in [0.5, 0.6) is 0 Å². The number of halogens is 1. The van der Waals surface area contributed by atoms with Crippen LogP contribution < -0.4 is 5.32 Å². The molecule has 20 heavy (non-hydrogen) atoms. The summed E-state index contributed by atoms with van der Waals surface area (Å²) in [5.41, 5.74) is 0. The minimum atomic E-state index is -0.223. The van der Waals surface area contributed by atoms with Crippen molar-refractivity contribution in [3.05, 3.63) is 0 Å². The number of likely N-dealkylation sites (N-methyl/N-ethyl adjacent to an activating group) is 1. The van der Waals surface area contributed by atoms with Gasteiger partial charge in [-0.2, -0.15) is 0 Å². The van der Waals surface area contributed by atoms with Crippen LogP contribution in [0.1, 0.15) is 32.6 Å². The molecule has 2 unspecified atom stereocenters. The normalized spacial score (nSPS) is 27.1. The summed E-state index contributed by atoms with van der Waals surface area (Å²) in [5.74, 6) is 0.536. The van der Waals surface area contributed by atoms with Crippen molar-refractivity contribution < 1.29 is 9.59 Å². The molecule has 0 aromatic heterocycles. The second kappa shape index (κ2) is 7.96. The van der Waals surface area contributed by atoms with Gasteiger partial charge in [0.15, 0.2) is 0 Å². The maximum absolute atomic E-state index is 12.1. The number of piperidine rings is 1. The number of carbonyl (C=O) groups is 2. The fraction of sp³-hybridized carbons (Fsp3) is 0.857. The first-order valence-electron chi connectivity index (χ1n) is 7.38. The van der Waals surface area contributed by atoms with E-state index in [1.807, 2.05) is 0 Å². The molecule has 116 valence electrons. The molecule has 2 aliphatic heterocycles. The molecular weight excluding hydrogens is 278 g/mol. The van der Waals surface area contributed by atoms with E-state index in [1.165, 1.54) is 17.7 Å². The third-order valence-electron chi connectivity index (χ3n) is 4.20. The Morgan fingerprint density at radius 3 is 2.65 bits per heavy atom. The Balaban J connectivity index is 0.00000200. The smallest absolute Gasteiger partial charge is 0.246 e. The Morgan fingerprint density at radius 1 is 1.40 bits per heavy atom. The molecule has 0 radical (unpaired) electrons. The third-order valence-corrected chi connectivity index (χ3v) is 4.20. The molecule has 2 heterocycles. The lowest BCUT2D eigenvalue weighted by molar-refractivity contribution is -0.138. The molecule has 1 N–H and O–H groups in total. The molecule has 0 bridgehead atoms. The number of amides is 2. The summed E-state index contributed by atoms with van der Waals surface area (Å²) < 4.78 is 0. The van der Waals surface area contributed by atoms with Crippen LogP contribution in [0.25, 0.3) is 0 Å². The predicted octanol–water partition coefficient (Wildman–Crippen LogP) is 0.877. The highest BCUT2D eigenvalue weighted by Gasteiger charge is 2.40. The molecule has 2 aliphatic rings. The molecule has 0 aromatic carbocycles. The van der Waals surface area contributed by atoms with Crippen LogP contribution >= 0.6 is 12.4 Å². The number of imide groups is 1. The summed E-state index contributed by atoms with van der Waals surface area (Å²) in [5, 5.41) is 3.41. The Bertz CT molecular complexity index is 345. The third kappa shape index (κ3) is 3.93. The average Bonchev–Trinajstić information content (AvgIpc) is 2.67. The van der Waals surface area contributed by atoms with Crippen LogP contribution in [0, 0.1) is 5.92 Å². The molecule has 2 atom stereocenters. The van der Waals surface area contributed by atoms with Crippen molar-refractivity contribution in [1.29, 1.82) is 0 Å². The highest BCUT2D eigenvalue weighted by atomic mass is 35.5. The topological polar surface area (TPSA) is 52.7 Å². The average molecular weight is 304 g/mol. The maximum atomic E-state index is 12.1. The van der Waals surface area contributed by atoms with Crippen molar-refractivity contribution in [3.63, 3.8) is 0 Å². The highest BCUT2D eigenvalue weighted by molar-refractivity contribution is 6.05. The van der Waals surface area contributed by atoms with Crippen molar-refractivity contribution in [3.8, 4) is 0 Å². The van der Waals surface area contributed by atoms with Crippen molar-refractivity contribution in [2.75, 3.05) is 33.2 Å². The van der Waals surface area contributed by atoms with Gasteiger partial charge in [0.25, 0.3) is 0 Å². The van der Waals surface area contributed by atoms with Gasteiger partial charge < -0.3 is 5.32 Å². The lowest BCUT2D eigenvalue weighted by Crippen LogP contribution is -2.46. The number of carbonyl (C=O) groups excluding carboxylic acids is 2. The zero-order valence-corrected chi connectivity index (χ0v) is 13.2. The summed E-state index contributed by atoms with van der Waals surface area (Å²) in [6.45, 7) is 6.09. The zero-order chi connectivity index (χ0) is 13.8. The number of nitrogens with zero attached hydrogens (tertiary/aromatic N) is 2. The van der Waals surface area contributed by atoms with E-state index in [9.17, 15) is 9.59 Å². The number of hydrogen-bond donors (Lipinski definition) is 1. The van der Waals surface area contributed by atoms with Gasteiger partial charge in [-0.05, 0) is 44.8 Å². The van der Waals surface area contributed by atoms with E-state index >= 15 is 0 Å². The summed E-state index contributed by atoms with van der Waals surface area (Å²) in [4.78, 5) is 27.3. The highest BCUT2D eigenvalue weighted by Crippen LogP contribution is 2.21. The minimum Gasteiger partial charge on any atom is -0.316 e. The first kappa shape index (κ1) is 17.4. The van der Waals surface area contributed by atoms with Crippen LogP contribution in [-0.4, -0.2) is 60.9 Å². The molecule has 0 aromatic rings. The van der Waals surface area contributed by atoms with Crippen LogP contribution in [-0.2, 0) is 9.59 Å². The Morgan fingerprint density at radius 2 is 2.15 bits per heavy atom. The van der Waals surface area contributed by atoms with Gasteiger partial charge in [0.05, 0.1) is 12.5 Å². The summed E-state index contributed by atoms with van der Waals surface area (Å²) in [7, 11) is 1.59. The van der Waals surface area contributed by atoms with E-state index < -0.39 is 0 Å². The molecule has 6 heteroatoms. The molecular formula is C14H26ClN3O2. The first-order valence-corrected chi connectivity index (χ1v) is 7.38. The molecule has 0 aliphatic carbocycles. The van der Waals surface area contributed by atoms with Crippen LogP contribution in [0.4, 0.5) is 0 Å². The van der Waals surface area contributed by atoms with Gasteiger partial charge in [-0.25, -0.2) is 0 Å². The molecule has 0 spiro atoms. The van der Waals surface area contributed by atoms with E-state index in [1.54, 1.807) is 7.05 Å². The number of rotatable bonds is 5. The van der Waals surface area contributed by atoms with Crippen molar-refractivity contribution in [1.82, 2.24) is 15.1 Å². The van der Waals surface area contributed by atoms with Gasteiger partial charge in [-0.3, -0.25) is 19.4 Å². The van der Waals surface area contributed by atoms with Gasteiger partial charge >= 0.3 is 0 Å². The zero-order valence-electron chi connectivity index (χ0n) is 12.4. The monoisotopic (exact) mass is 303 g/mol. The van der Waals surface area contributed by atoms with Gasteiger partial charge in [-0.1, -0.05) is 6.92 Å². The minimum absolute atomic E-state index is 0. The van der Waals surface area contributed by atoms with Gasteiger partial charge in [-0.15, -0.1) is 12.4 Å². The largest absolute Gasteiger partial charge is 0.316 e. The van der Waals surface area contributed by atoms with E-state index in [0.29, 0.717) is 12.3 Å². The van der Waals surface area contributed by atoms with E-state index in [-0.39, 0.29) is 30.3 Å². The fourth-order valence-corrected chi connectivity index (χ4v) is 3.09. The lowest BCUT2D eigenvalue weighted by Gasteiger charge is -2.32. The number of likely N-dealkylation sites (tertiary alicyclic amines) is 1. The lowest BCUT2D eigenvalue weighted by atomic mass is 9.98. The molecule has 2 saturated heterocycles. The van der Waals surface area contributed by atoms with Gasteiger partial charge in [0, 0.05) is 13.6 Å². The van der Waals surface area contributed by atoms with Gasteiger partial charge in [0.2, 0.25) is 11.8 Å². The molecule has 0 saturated carbocycles. The SMILES string of the molecule is CCCN(CC1CCCNC1)C1CC(=O)N(C)C1=O.Cl. The summed E-state index contributed by atoms with van der Waals surface area (Å²) >= 11 is 0. The van der Waals surface area contributed by atoms with Crippen molar-refractivity contribution >= 4 is 24.2 Å². The standard InChI is InChI=1S/C14H25N3O2.ClH/c1-3-7-17(10-11-5-4-6-15-9-11)12-8-13(18)16(2)14(12)19;/h11-12,15H,3-10H2,1-2H3;1H. The van der Waals surface area contributed by atoms with Gasteiger partial charge in [0.1, 0.15) is 0 Å². The second-order valence-electron chi connectivity index (χ2n) is 5.72. The number of hydrogen-bond acceptors (Lipinski definition) is 4. The Kier molecular flexibility index (Phi) is 6.92. The number of nitrogens with one attached hydrogen (secondary N) is 1. The van der Waals surface area contributed by atoms with Crippen molar-refractivity contribution in [2.24, 2.45) is 5.92 Å². The van der Waals surface area contributed by atoms with Crippen LogP contribution in [0.15, 0.2) is 0 Å². The van der Waals surface area contributed by atoms with E-state index in [0.717, 1.165) is 32.6 Å². The summed E-state index contributed by atoms with van der Waals surface area (Å²) in [6.07, 6.45) is 3.80. The van der Waals surface area contributed by atoms with Crippen LogP contribution in [0.3, 0.4) is 0 Å². The quantitative estimate of drug-likeness (QED) is 0.766. The molecule has 2 amide bonds. The van der Waals surface area contributed by atoms with E-state index in [2.05, 4.69) is 17.1 Å². The van der Waals surface area contributed by atoms with E-state index in [4.69, 9.17) is 0 Å². The maximum Gasteiger partial charge on any atom is 0.246 e. The molecule has 2 fully saturated rings. The second-order valence-corrected chi connectivity index (χ2v) is 5.72. The molecule has 2 rings (SSSR count). The fourth-order valence-electron chi connectivity index (χ4n) is 3.09. The Labute approximate surface area is 127 Å². The van der Waals surface area contributed by atoms with Crippen LogP contribution in [0.2, 0.25) is 0 Å². The predicted molar refractivity (Wildman–Crippen MR) is 80.9 cm³/mol. The Hall–Kier alpha value is -0.650. The molecule has 5 nitrogen and oxygen atoms in total. The van der Waals surface area contributed by atoms with Crippen molar-refractivity contribution in [2.45, 2.75) is 38.6 Å². The first-order chi connectivity index (χ1) is 9.13.